The van der Waals surface area contributed by atoms with Crippen molar-refractivity contribution in [3.05, 3.63) is 54.1 Å². The molecule has 0 amide bonds. The summed E-state index contributed by atoms with van der Waals surface area (Å²) in [6.07, 6.45) is 8.46. The van der Waals surface area contributed by atoms with Gasteiger partial charge in [0.1, 0.15) is 0 Å². The molecule has 0 bridgehead atoms. The summed E-state index contributed by atoms with van der Waals surface area (Å²) in [5, 5.41) is 0. The highest BCUT2D eigenvalue weighted by atomic mass is 15.1. The maximum absolute atomic E-state index is 4.12. The lowest BCUT2D eigenvalue weighted by Gasteiger charge is -2.32. The van der Waals surface area contributed by atoms with Gasteiger partial charge in [0, 0.05) is 25.5 Å². The summed E-state index contributed by atoms with van der Waals surface area (Å²) in [4.78, 5) is 6.70. The Hall–Kier alpha value is -1.61. The van der Waals surface area contributed by atoms with E-state index in [4.69, 9.17) is 0 Å². The Labute approximate surface area is 121 Å². The Morgan fingerprint density at radius 2 is 2.10 bits per heavy atom. The Balaban J connectivity index is 1.48. The van der Waals surface area contributed by atoms with Crippen LogP contribution in [0.4, 0.5) is 0 Å². The molecular weight excluding hydrogens is 246 g/mol. The number of likely N-dealkylation sites (tertiary alicyclic amines) is 1. The molecule has 0 N–H and O–H groups in total. The minimum atomic E-state index is 0.804. The zero-order valence-electron chi connectivity index (χ0n) is 12.2. The third-order valence-electron chi connectivity index (χ3n) is 4.22. The van der Waals surface area contributed by atoms with Gasteiger partial charge in [0.2, 0.25) is 0 Å². The lowest BCUT2D eigenvalue weighted by Crippen LogP contribution is -2.34. The Bertz CT molecular complexity index is 525. The molecule has 106 valence electrons. The van der Waals surface area contributed by atoms with Gasteiger partial charge in [-0.3, -0.25) is 4.90 Å². The van der Waals surface area contributed by atoms with Gasteiger partial charge in [-0.05, 0) is 44.3 Å². The van der Waals surface area contributed by atoms with E-state index in [9.17, 15) is 0 Å². The fourth-order valence-electron chi connectivity index (χ4n) is 3.09. The SMILES string of the molecule is Cc1cccc(CN2CCC(Cn3ccnc3)CC2)c1. The van der Waals surface area contributed by atoms with Crippen molar-refractivity contribution in [1.82, 2.24) is 14.5 Å². The lowest BCUT2D eigenvalue weighted by molar-refractivity contribution is 0.167. The topological polar surface area (TPSA) is 21.1 Å². The van der Waals surface area contributed by atoms with Crippen LogP contribution in [0, 0.1) is 12.8 Å². The van der Waals surface area contributed by atoms with Gasteiger partial charge < -0.3 is 4.57 Å². The summed E-state index contributed by atoms with van der Waals surface area (Å²) < 4.78 is 2.21. The number of benzene rings is 1. The zero-order valence-corrected chi connectivity index (χ0v) is 12.2. The number of imidazole rings is 1. The number of hydrogen-bond acceptors (Lipinski definition) is 2. The van der Waals surface area contributed by atoms with E-state index >= 15 is 0 Å². The number of piperidine rings is 1. The molecular formula is C17H23N3. The van der Waals surface area contributed by atoms with Crippen molar-refractivity contribution < 1.29 is 0 Å². The van der Waals surface area contributed by atoms with Crippen LogP contribution in [0.1, 0.15) is 24.0 Å². The van der Waals surface area contributed by atoms with Crippen LogP contribution < -0.4 is 0 Å². The van der Waals surface area contributed by atoms with Gasteiger partial charge in [0.25, 0.3) is 0 Å². The molecule has 3 nitrogen and oxygen atoms in total. The van der Waals surface area contributed by atoms with Gasteiger partial charge in [-0.25, -0.2) is 4.98 Å². The van der Waals surface area contributed by atoms with E-state index in [-0.39, 0.29) is 0 Å². The first-order valence-electron chi connectivity index (χ1n) is 7.53. The molecule has 0 atom stereocenters. The van der Waals surface area contributed by atoms with E-state index in [1.165, 1.54) is 37.1 Å². The van der Waals surface area contributed by atoms with Gasteiger partial charge in [0.15, 0.2) is 0 Å². The number of rotatable bonds is 4. The molecule has 0 saturated carbocycles. The van der Waals surface area contributed by atoms with Crippen LogP contribution in [0.5, 0.6) is 0 Å². The maximum Gasteiger partial charge on any atom is 0.0945 e. The van der Waals surface area contributed by atoms with E-state index < -0.39 is 0 Å². The predicted octanol–water partition coefficient (Wildman–Crippen LogP) is 3.10. The number of nitrogens with zero attached hydrogens (tertiary/aromatic N) is 3. The normalized spacial score (nSPS) is 17.4. The highest BCUT2D eigenvalue weighted by Crippen LogP contribution is 2.20. The highest BCUT2D eigenvalue weighted by Gasteiger charge is 2.19. The Morgan fingerprint density at radius 3 is 2.80 bits per heavy atom. The largest absolute Gasteiger partial charge is 0.337 e. The van der Waals surface area contributed by atoms with E-state index in [1.807, 2.05) is 12.5 Å². The third kappa shape index (κ3) is 3.48. The molecule has 0 aliphatic carbocycles. The Morgan fingerprint density at radius 1 is 1.25 bits per heavy atom. The van der Waals surface area contributed by atoms with Crippen molar-refractivity contribution >= 4 is 0 Å². The van der Waals surface area contributed by atoms with E-state index in [0.717, 1.165) is 19.0 Å². The molecule has 2 heterocycles. The molecule has 0 unspecified atom stereocenters. The van der Waals surface area contributed by atoms with Crippen molar-refractivity contribution in [2.24, 2.45) is 5.92 Å². The summed E-state index contributed by atoms with van der Waals surface area (Å²) >= 11 is 0. The Kier molecular flexibility index (Phi) is 4.16. The standard InChI is InChI=1S/C17H23N3/c1-15-3-2-4-17(11-15)13-19-8-5-16(6-9-19)12-20-10-7-18-14-20/h2-4,7,10-11,14,16H,5-6,8-9,12-13H2,1H3. The van der Waals surface area contributed by atoms with Crippen LogP contribution in [0.15, 0.2) is 43.0 Å². The summed E-state index contributed by atoms with van der Waals surface area (Å²) in [6.45, 7) is 6.82. The van der Waals surface area contributed by atoms with Gasteiger partial charge in [0.05, 0.1) is 6.33 Å². The van der Waals surface area contributed by atoms with Crippen LogP contribution >= 0.6 is 0 Å². The fourth-order valence-corrected chi connectivity index (χ4v) is 3.09. The molecule has 1 fully saturated rings. The van der Waals surface area contributed by atoms with Crippen LogP contribution in [-0.4, -0.2) is 27.5 Å². The summed E-state index contributed by atoms with van der Waals surface area (Å²) in [5.41, 5.74) is 2.80. The smallest absolute Gasteiger partial charge is 0.0945 e. The van der Waals surface area contributed by atoms with Gasteiger partial charge in [-0.2, -0.15) is 0 Å². The molecule has 1 aliphatic rings. The number of aryl methyl sites for hydroxylation is 1. The summed E-state index contributed by atoms with van der Waals surface area (Å²) in [6, 6.07) is 8.87. The second-order valence-electron chi connectivity index (χ2n) is 5.97. The molecule has 1 aliphatic heterocycles. The highest BCUT2D eigenvalue weighted by molar-refractivity contribution is 5.22. The predicted molar refractivity (Wildman–Crippen MR) is 81.4 cm³/mol. The van der Waals surface area contributed by atoms with Crippen molar-refractivity contribution in [3.63, 3.8) is 0 Å². The summed E-state index contributed by atoms with van der Waals surface area (Å²) in [7, 11) is 0. The van der Waals surface area contributed by atoms with E-state index in [2.05, 4.69) is 51.8 Å². The molecule has 2 aromatic rings. The maximum atomic E-state index is 4.12. The average molecular weight is 269 g/mol. The van der Waals surface area contributed by atoms with Crippen molar-refractivity contribution in [2.75, 3.05) is 13.1 Å². The fraction of sp³-hybridized carbons (Fsp3) is 0.471. The third-order valence-corrected chi connectivity index (χ3v) is 4.22. The van der Waals surface area contributed by atoms with Crippen LogP contribution in [0.2, 0.25) is 0 Å². The van der Waals surface area contributed by atoms with Crippen LogP contribution in [0.25, 0.3) is 0 Å². The van der Waals surface area contributed by atoms with Gasteiger partial charge >= 0.3 is 0 Å². The van der Waals surface area contributed by atoms with Crippen molar-refractivity contribution in [1.29, 1.82) is 0 Å². The van der Waals surface area contributed by atoms with Crippen LogP contribution in [0.3, 0.4) is 0 Å². The second-order valence-corrected chi connectivity index (χ2v) is 5.97. The molecule has 3 heteroatoms. The zero-order chi connectivity index (χ0) is 13.8. The number of hydrogen-bond donors (Lipinski definition) is 0. The van der Waals surface area contributed by atoms with Crippen LogP contribution in [-0.2, 0) is 13.1 Å². The van der Waals surface area contributed by atoms with Gasteiger partial charge in [-0.15, -0.1) is 0 Å². The lowest BCUT2D eigenvalue weighted by atomic mass is 9.96. The first-order valence-corrected chi connectivity index (χ1v) is 7.53. The minimum Gasteiger partial charge on any atom is -0.337 e. The molecule has 1 aromatic heterocycles. The quantitative estimate of drug-likeness (QED) is 0.850. The van der Waals surface area contributed by atoms with Crippen molar-refractivity contribution in [3.8, 4) is 0 Å². The minimum absolute atomic E-state index is 0.804. The van der Waals surface area contributed by atoms with E-state index in [1.54, 1.807) is 0 Å². The van der Waals surface area contributed by atoms with Crippen molar-refractivity contribution in [2.45, 2.75) is 32.9 Å². The first-order chi connectivity index (χ1) is 9.79. The monoisotopic (exact) mass is 269 g/mol. The van der Waals surface area contributed by atoms with Gasteiger partial charge in [-0.1, -0.05) is 29.8 Å². The molecule has 1 aromatic carbocycles. The molecule has 3 rings (SSSR count). The average Bonchev–Trinajstić information content (AvgIpc) is 2.94. The second kappa shape index (κ2) is 6.23. The molecule has 1 saturated heterocycles. The number of aromatic nitrogens is 2. The van der Waals surface area contributed by atoms with E-state index in [0.29, 0.717) is 0 Å². The molecule has 20 heavy (non-hydrogen) atoms. The molecule has 0 spiro atoms. The molecule has 0 radical (unpaired) electrons. The summed E-state index contributed by atoms with van der Waals surface area (Å²) in [5.74, 6) is 0.804. The first kappa shape index (κ1) is 13.4.